The molecule has 4 heteroatoms. The third-order valence-electron chi connectivity index (χ3n) is 4.92. The molecular weight excluding hydrogens is 278 g/mol. The average Bonchev–Trinajstić information content (AvgIpc) is 3.07. The Bertz CT molecular complexity index is 498. The SMILES string of the molecule is C=CCOC[C@@H]1CCC[C@@]12CN(Cc1ccc(C)o1)CCO2. The Morgan fingerprint density at radius 3 is 3.18 bits per heavy atom. The summed E-state index contributed by atoms with van der Waals surface area (Å²) >= 11 is 0. The van der Waals surface area contributed by atoms with Gasteiger partial charge < -0.3 is 13.9 Å². The Labute approximate surface area is 133 Å². The molecule has 0 radical (unpaired) electrons. The van der Waals surface area contributed by atoms with Gasteiger partial charge in [-0.25, -0.2) is 0 Å². The molecule has 2 aliphatic rings. The monoisotopic (exact) mass is 305 g/mol. The van der Waals surface area contributed by atoms with E-state index in [9.17, 15) is 0 Å². The van der Waals surface area contributed by atoms with Crippen LogP contribution in [0.1, 0.15) is 30.8 Å². The molecule has 0 amide bonds. The molecule has 122 valence electrons. The van der Waals surface area contributed by atoms with Crippen LogP contribution in [-0.2, 0) is 16.0 Å². The molecule has 2 fully saturated rings. The smallest absolute Gasteiger partial charge is 0.118 e. The number of aryl methyl sites for hydroxylation is 1. The Morgan fingerprint density at radius 2 is 2.41 bits per heavy atom. The van der Waals surface area contributed by atoms with E-state index >= 15 is 0 Å². The molecule has 22 heavy (non-hydrogen) atoms. The molecule has 2 atom stereocenters. The second-order valence-electron chi connectivity index (χ2n) is 6.55. The van der Waals surface area contributed by atoms with Gasteiger partial charge in [0.1, 0.15) is 11.5 Å². The first kappa shape index (κ1) is 15.8. The first-order chi connectivity index (χ1) is 10.7. The van der Waals surface area contributed by atoms with Gasteiger partial charge in [0, 0.05) is 19.0 Å². The van der Waals surface area contributed by atoms with Gasteiger partial charge in [0.05, 0.1) is 32.0 Å². The predicted octanol–water partition coefficient (Wildman–Crippen LogP) is 3.16. The van der Waals surface area contributed by atoms with Gasteiger partial charge in [-0.3, -0.25) is 4.90 Å². The zero-order valence-electron chi connectivity index (χ0n) is 13.6. The first-order valence-corrected chi connectivity index (χ1v) is 8.32. The maximum Gasteiger partial charge on any atom is 0.118 e. The summed E-state index contributed by atoms with van der Waals surface area (Å²) in [7, 11) is 0. The molecule has 1 aromatic rings. The molecule has 1 saturated carbocycles. The molecule has 1 aromatic heterocycles. The van der Waals surface area contributed by atoms with E-state index in [4.69, 9.17) is 13.9 Å². The van der Waals surface area contributed by atoms with Gasteiger partial charge in [-0.2, -0.15) is 0 Å². The van der Waals surface area contributed by atoms with Crippen LogP contribution in [0.15, 0.2) is 29.2 Å². The lowest BCUT2D eigenvalue weighted by molar-refractivity contribution is -0.143. The summed E-state index contributed by atoms with van der Waals surface area (Å²) < 4.78 is 17.7. The number of rotatable bonds is 6. The lowest BCUT2D eigenvalue weighted by atomic mass is 9.89. The Hall–Kier alpha value is -1.10. The summed E-state index contributed by atoms with van der Waals surface area (Å²) in [6, 6.07) is 4.11. The minimum atomic E-state index is -0.0267. The number of hydrogen-bond acceptors (Lipinski definition) is 4. The molecule has 1 aliphatic carbocycles. The van der Waals surface area contributed by atoms with Gasteiger partial charge in [-0.15, -0.1) is 6.58 Å². The van der Waals surface area contributed by atoms with E-state index in [1.165, 1.54) is 12.8 Å². The van der Waals surface area contributed by atoms with E-state index in [1.54, 1.807) is 0 Å². The zero-order valence-corrected chi connectivity index (χ0v) is 13.6. The predicted molar refractivity (Wildman–Crippen MR) is 85.8 cm³/mol. The molecule has 0 bridgehead atoms. The van der Waals surface area contributed by atoms with Crippen molar-refractivity contribution in [1.82, 2.24) is 4.90 Å². The fourth-order valence-electron chi connectivity index (χ4n) is 3.85. The number of ether oxygens (including phenoxy) is 2. The summed E-state index contributed by atoms with van der Waals surface area (Å²) in [6.45, 7) is 10.7. The van der Waals surface area contributed by atoms with E-state index in [-0.39, 0.29) is 5.60 Å². The standard InChI is InChI=1S/C18H27NO3/c1-3-10-20-13-16-5-4-8-18(16)14-19(9-11-21-18)12-17-7-6-15(2)22-17/h3,6-7,16H,1,4-5,8-14H2,2H3/t16-,18+/m0/s1. The van der Waals surface area contributed by atoms with Crippen molar-refractivity contribution in [3.63, 3.8) is 0 Å². The number of nitrogens with zero attached hydrogens (tertiary/aromatic N) is 1. The quantitative estimate of drug-likeness (QED) is 0.597. The lowest BCUT2D eigenvalue weighted by Gasteiger charge is -2.43. The minimum Gasteiger partial charge on any atom is -0.465 e. The van der Waals surface area contributed by atoms with Crippen molar-refractivity contribution in [3.8, 4) is 0 Å². The van der Waals surface area contributed by atoms with E-state index < -0.39 is 0 Å². The maximum absolute atomic E-state index is 6.26. The Balaban J connectivity index is 1.61. The van der Waals surface area contributed by atoms with Crippen molar-refractivity contribution < 1.29 is 13.9 Å². The van der Waals surface area contributed by atoms with Crippen LogP contribution in [0.2, 0.25) is 0 Å². The molecule has 3 rings (SSSR count). The number of hydrogen-bond donors (Lipinski definition) is 0. The summed E-state index contributed by atoms with van der Waals surface area (Å²) in [5, 5.41) is 0. The third kappa shape index (κ3) is 3.45. The highest BCUT2D eigenvalue weighted by Gasteiger charge is 2.46. The van der Waals surface area contributed by atoms with Crippen molar-refractivity contribution in [2.24, 2.45) is 5.92 Å². The number of morpholine rings is 1. The second kappa shape index (κ2) is 6.99. The zero-order chi connectivity index (χ0) is 15.4. The second-order valence-corrected chi connectivity index (χ2v) is 6.55. The highest BCUT2D eigenvalue weighted by Crippen LogP contribution is 2.41. The van der Waals surface area contributed by atoms with Gasteiger partial charge in [0.2, 0.25) is 0 Å². The van der Waals surface area contributed by atoms with Gasteiger partial charge in [-0.1, -0.05) is 12.5 Å². The van der Waals surface area contributed by atoms with Crippen molar-refractivity contribution in [1.29, 1.82) is 0 Å². The Kier molecular flexibility index (Phi) is 5.01. The van der Waals surface area contributed by atoms with Gasteiger partial charge in [0.25, 0.3) is 0 Å². The third-order valence-corrected chi connectivity index (χ3v) is 4.92. The number of furan rings is 1. The van der Waals surface area contributed by atoms with Crippen molar-refractivity contribution >= 4 is 0 Å². The van der Waals surface area contributed by atoms with Crippen LogP contribution in [-0.4, -0.2) is 43.4 Å². The van der Waals surface area contributed by atoms with Gasteiger partial charge >= 0.3 is 0 Å². The normalized spacial score (nSPS) is 29.2. The largest absolute Gasteiger partial charge is 0.465 e. The van der Waals surface area contributed by atoms with Crippen molar-refractivity contribution in [2.75, 3.05) is 32.9 Å². The summed E-state index contributed by atoms with van der Waals surface area (Å²) in [5.74, 6) is 2.52. The van der Waals surface area contributed by atoms with Crippen LogP contribution >= 0.6 is 0 Å². The van der Waals surface area contributed by atoms with Crippen LogP contribution < -0.4 is 0 Å². The fourth-order valence-corrected chi connectivity index (χ4v) is 3.85. The summed E-state index contributed by atoms with van der Waals surface area (Å²) in [5.41, 5.74) is -0.0267. The molecule has 1 aliphatic heterocycles. The molecule has 0 aromatic carbocycles. The van der Waals surface area contributed by atoms with Crippen LogP contribution in [0, 0.1) is 12.8 Å². The van der Waals surface area contributed by atoms with Crippen LogP contribution in [0.4, 0.5) is 0 Å². The molecule has 1 saturated heterocycles. The Morgan fingerprint density at radius 1 is 1.50 bits per heavy atom. The van der Waals surface area contributed by atoms with Crippen LogP contribution in [0.5, 0.6) is 0 Å². The van der Waals surface area contributed by atoms with E-state index in [0.29, 0.717) is 12.5 Å². The average molecular weight is 305 g/mol. The van der Waals surface area contributed by atoms with E-state index in [2.05, 4.69) is 17.5 Å². The van der Waals surface area contributed by atoms with E-state index in [1.807, 2.05) is 19.1 Å². The van der Waals surface area contributed by atoms with Crippen LogP contribution in [0.3, 0.4) is 0 Å². The highest BCUT2D eigenvalue weighted by molar-refractivity contribution is 5.06. The van der Waals surface area contributed by atoms with Crippen LogP contribution in [0.25, 0.3) is 0 Å². The highest BCUT2D eigenvalue weighted by atomic mass is 16.5. The molecule has 0 unspecified atom stereocenters. The molecule has 2 heterocycles. The first-order valence-electron chi connectivity index (χ1n) is 8.32. The molecular formula is C18H27NO3. The van der Waals surface area contributed by atoms with Crippen molar-refractivity contribution in [3.05, 3.63) is 36.3 Å². The molecule has 0 N–H and O–H groups in total. The molecule has 4 nitrogen and oxygen atoms in total. The molecule has 1 spiro atoms. The fraction of sp³-hybridized carbons (Fsp3) is 0.667. The summed E-state index contributed by atoms with van der Waals surface area (Å²) in [4.78, 5) is 2.47. The van der Waals surface area contributed by atoms with E-state index in [0.717, 1.165) is 50.8 Å². The topological polar surface area (TPSA) is 34.8 Å². The van der Waals surface area contributed by atoms with Crippen molar-refractivity contribution in [2.45, 2.75) is 38.3 Å². The van der Waals surface area contributed by atoms with Gasteiger partial charge in [0.15, 0.2) is 0 Å². The lowest BCUT2D eigenvalue weighted by Crippen LogP contribution is -2.54. The maximum atomic E-state index is 6.26. The minimum absolute atomic E-state index is 0.0267. The van der Waals surface area contributed by atoms with Gasteiger partial charge in [-0.05, 0) is 31.9 Å². The summed E-state index contributed by atoms with van der Waals surface area (Å²) in [6.07, 6.45) is 5.39.